The summed E-state index contributed by atoms with van der Waals surface area (Å²) >= 11 is 0. The Morgan fingerprint density at radius 3 is 2.40 bits per heavy atom. The van der Waals surface area contributed by atoms with Crippen molar-refractivity contribution < 1.29 is 22.4 Å². The third-order valence-corrected chi connectivity index (χ3v) is 1.76. The number of primary amides is 1. The lowest BCUT2D eigenvalue weighted by molar-refractivity contribution is -0.127. The second kappa shape index (κ2) is 3.88. The van der Waals surface area contributed by atoms with Crippen LogP contribution in [0.3, 0.4) is 0 Å². The van der Waals surface area contributed by atoms with Gasteiger partial charge in [0, 0.05) is 11.1 Å². The molecule has 0 aromatic heterocycles. The fourth-order valence-electron chi connectivity index (χ4n) is 1.17. The predicted molar refractivity (Wildman–Crippen MR) is 44.7 cm³/mol. The molecule has 0 radical (unpaired) electrons. The summed E-state index contributed by atoms with van der Waals surface area (Å²) in [5.41, 5.74) is 3.68. The summed E-state index contributed by atoms with van der Waals surface area (Å²) in [6, 6.07) is 3.05. The highest BCUT2D eigenvalue weighted by Crippen LogP contribution is 2.25. The number of amides is 1. The van der Waals surface area contributed by atoms with E-state index in [1.54, 1.807) is 0 Å². The summed E-state index contributed by atoms with van der Waals surface area (Å²) in [5, 5.41) is 0. The summed E-state index contributed by atoms with van der Waals surface area (Å²) in [7, 11) is 0. The van der Waals surface area contributed by atoms with E-state index in [1.165, 1.54) is 0 Å². The van der Waals surface area contributed by atoms with Crippen molar-refractivity contribution >= 4 is 5.91 Å². The van der Waals surface area contributed by atoms with E-state index < -0.39 is 35.4 Å². The van der Waals surface area contributed by atoms with E-state index in [0.29, 0.717) is 0 Å². The molecular weight excluding hydrogens is 214 g/mol. The van der Waals surface area contributed by atoms with Crippen LogP contribution in [0.4, 0.5) is 17.6 Å². The largest absolute Gasteiger partial charge is 0.393 e. The molecular formula is C9H7F4NO. The van der Waals surface area contributed by atoms with Crippen LogP contribution < -0.4 is 5.73 Å². The Bertz CT molecular complexity index is 386. The number of rotatable bonds is 2. The number of nitrogens with two attached hydrogens (primary N) is 1. The molecule has 82 valence electrons. The van der Waals surface area contributed by atoms with E-state index in [4.69, 9.17) is 5.73 Å². The second-order valence-corrected chi connectivity index (χ2v) is 2.92. The first-order chi connectivity index (χ1) is 6.81. The van der Waals surface area contributed by atoms with E-state index in [9.17, 15) is 22.4 Å². The Hall–Kier alpha value is -1.59. The highest BCUT2D eigenvalue weighted by Gasteiger charge is 2.31. The van der Waals surface area contributed by atoms with Gasteiger partial charge in [-0.25, -0.2) is 4.39 Å². The molecule has 0 bridgehead atoms. The monoisotopic (exact) mass is 221 g/mol. The quantitative estimate of drug-likeness (QED) is 0.763. The molecule has 0 spiro atoms. The molecule has 1 rings (SSSR count). The predicted octanol–water partition coefficient (Wildman–Crippen LogP) is 2.03. The lowest BCUT2D eigenvalue weighted by Crippen LogP contribution is -2.20. The van der Waals surface area contributed by atoms with Crippen molar-refractivity contribution in [2.75, 3.05) is 0 Å². The minimum absolute atomic E-state index is 0.438. The van der Waals surface area contributed by atoms with Crippen molar-refractivity contribution in [3.8, 4) is 0 Å². The second-order valence-electron chi connectivity index (χ2n) is 2.92. The number of carbonyl (C=O) groups excluding carboxylic acids is 1. The molecule has 1 aromatic carbocycles. The van der Waals surface area contributed by atoms with Gasteiger partial charge in [-0.2, -0.15) is 13.2 Å². The molecule has 0 aliphatic rings. The molecule has 0 atom stereocenters. The maximum Gasteiger partial charge on any atom is 0.393 e. The van der Waals surface area contributed by atoms with Gasteiger partial charge >= 0.3 is 6.18 Å². The first-order valence-corrected chi connectivity index (χ1v) is 3.95. The minimum Gasteiger partial charge on any atom is -0.366 e. The smallest absolute Gasteiger partial charge is 0.366 e. The molecule has 0 saturated carbocycles. The SMILES string of the molecule is NC(=O)c1cccc(F)c1CC(F)(F)F. The summed E-state index contributed by atoms with van der Waals surface area (Å²) in [6.45, 7) is 0. The molecule has 1 amide bonds. The number of hydrogen-bond donors (Lipinski definition) is 1. The van der Waals surface area contributed by atoms with Crippen LogP contribution in [0, 0.1) is 5.82 Å². The van der Waals surface area contributed by atoms with Gasteiger partial charge in [0.2, 0.25) is 5.91 Å². The summed E-state index contributed by atoms with van der Waals surface area (Å²) in [5.74, 6) is -2.16. The molecule has 15 heavy (non-hydrogen) atoms. The zero-order valence-corrected chi connectivity index (χ0v) is 7.44. The Balaban J connectivity index is 3.19. The van der Waals surface area contributed by atoms with Crippen molar-refractivity contribution in [2.24, 2.45) is 5.73 Å². The minimum atomic E-state index is -4.58. The number of alkyl halides is 3. The van der Waals surface area contributed by atoms with Crippen LogP contribution in [0.15, 0.2) is 18.2 Å². The third kappa shape index (κ3) is 2.93. The normalized spacial score (nSPS) is 11.5. The van der Waals surface area contributed by atoms with Gasteiger partial charge in [-0.3, -0.25) is 4.79 Å². The van der Waals surface area contributed by atoms with Crippen LogP contribution >= 0.6 is 0 Å². The molecule has 0 aliphatic carbocycles. The van der Waals surface area contributed by atoms with E-state index in [2.05, 4.69) is 0 Å². The highest BCUT2D eigenvalue weighted by molar-refractivity contribution is 5.94. The first-order valence-electron chi connectivity index (χ1n) is 3.95. The van der Waals surface area contributed by atoms with Crippen molar-refractivity contribution in [2.45, 2.75) is 12.6 Å². The number of carbonyl (C=O) groups is 1. The average molecular weight is 221 g/mol. The standard InChI is InChI=1S/C9H7F4NO/c10-7-3-1-2-5(8(14)15)6(7)4-9(11,12)13/h1-3H,4H2,(H2,14,15). The first kappa shape index (κ1) is 11.5. The molecule has 0 saturated heterocycles. The molecule has 2 N–H and O–H groups in total. The van der Waals surface area contributed by atoms with Crippen LogP contribution in [0.1, 0.15) is 15.9 Å². The van der Waals surface area contributed by atoms with Crippen molar-refractivity contribution in [1.82, 2.24) is 0 Å². The molecule has 0 heterocycles. The zero-order chi connectivity index (χ0) is 11.6. The summed E-state index contributed by atoms with van der Waals surface area (Å²) in [6.07, 6.45) is -6.08. The molecule has 2 nitrogen and oxygen atoms in total. The van der Waals surface area contributed by atoms with Crippen LogP contribution in [0.25, 0.3) is 0 Å². The van der Waals surface area contributed by atoms with E-state index in [1.807, 2.05) is 0 Å². The number of benzene rings is 1. The highest BCUT2D eigenvalue weighted by atomic mass is 19.4. The van der Waals surface area contributed by atoms with Gasteiger partial charge in [0.1, 0.15) is 5.82 Å². The maximum absolute atomic E-state index is 13.0. The summed E-state index contributed by atoms with van der Waals surface area (Å²) in [4.78, 5) is 10.7. The molecule has 0 unspecified atom stereocenters. The third-order valence-electron chi connectivity index (χ3n) is 1.76. The van der Waals surface area contributed by atoms with Gasteiger partial charge in [0.25, 0.3) is 0 Å². The fourth-order valence-corrected chi connectivity index (χ4v) is 1.17. The Morgan fingerprint density at radius 2 is 1.93 bits per heavy atom. The van der Waals surface area contributed by atoms with Crippen molar-refractivity contribution in [1.29, 1.82) is 0 Å². The van der Waals surface area contributed by atoms with Gasteiger partial charge in [-0.1, -0.05) is 6.07 Å². The molecule has 6 heteroatoms. The van der Waals surface area contributed by atoms with Gasteiger partial charge in [-0.15, -0.1) is 0 Å². The lowest BCUT2D eigenvalue weighted by atomic mass is 10.0. The van der Waals surface area contributed by atoms with Gasteiger partial charge in [0.05, 0.1) is 6.42 Å². The molecule has 0 aliphatic heterocycles. The van der Waals surface area contributed by atoms with Crippen molar-refractivity contribution in [3.63, 3.8) is 0 Å². The number of hydrogen-bond acceptors (Lipinski definition) is 1. The fraction of sp³-hybridized carbons (Fsp3) is 0.222. The Kier molecular flexibility index (Phi) is 2.97. The maximum atomic E-state index is 13.0. The lowest BCUT2D eigenvalue weighted by Gasteiger charge is -2.10. The van der Waals surface area contributed by atoms with Gasteiger partial charge < -0.3 is 5.73 Å². The van der Waals surface area contributed by atoms with E-state index in [-0.39, 0.29) is 0 Å². The van der Waals surface area contributed by atoms with Gasteiger partial charge in [0.15, 0.2) is 0 Å². The van der Waals surface area contributed by atoms with Crippen molar-refractivity contribution in [3.05, 3.63) is 35.1 Å². The zero-order valence-electron chi connectivity index (χ0n) is 7.44. The van der Waals surface area contributed by atoms with Crippen LogP contribution in [0.2, 0.25) is 0 Å². The Labute approximate surface area is 82.7 Å². The molecule has 0 fully saturated rings. The average Bonchev–Trinajstić information content (AvgIpc) is 2.05. The number of halogens is 4. The van der Waals surface area contributed by atoms with Gasteiger partial charge in [-0.05, 0) is 12.1 Å². The van der Waals surface area contributed by atoms with Crippen LogP contribution in [-0.4, -0.2) is 12.1 Å². The topological polar surface area (TPSA) is 43.1 Å². The van der Waals surface area contributed by atoms with Crippen LogP contribution in [0.5, 0.6) is 0 Å². The summed E-state index contributed by atoms with van der Waals surface area (Å²) < 4.78 is 49.2. The van der Waals surface area contributed by atoms with Crippen LogP contribution in [-0.2, 0) is 6.42 Å². The Morgan fingerprint density at radius 1 is 1.33 bits per heavy atom. The van der Waals surface area contributed by atoms with E-state index in [0.717, 1.165) is 18.2 Å². The molecule has 1 aromatic rings. The van der Waals surface area contributed by atoms with E-state index >= 15 is 0 Å².